The monoisotopic (exact) mass is 356 g/mol. The Kier molecular flexibility index (Phi) is 5.23. The number of rotatable bonds is 5. The molecule has 3 rings (SSSR count). The Hall–Kier alpha value is -0.820. The van der Waals surface area contributed by atoms with Crippen LogP contribution in [0.1, 0.15) is 19.8 Å². The number of thiazole rings is 1. The van der Waals surface area contributed by atoms with Crippen molar-refractivity contribution in [2.45, 2.75) is 35.5 Å². The number of amides is 1. The van der Waals surface area contributed by atoms with Gasteiger partial charge in [-0.25, -0.2) is 4.98 Å². The largest absolute Gasteiger partial charge is 0.376 e. The summed E-state index contributed by atoms with van der Waals surface area (Å²) < 4.78 is 7.48. The molecular weight excluding hydrogens is 340 g/mol. The molecule has 0 saturated carbocycles. The number of hydrogen-bond donors (Lipinski definition) is 1. The number of nitrogens with one attached hydrogen (secondary N) is 1. The van der Waals surface area contributed by atoms with E-state index in [0.29, 0.717) is 11.6 Å². The fraction of sp³-hybridized carbons (Fsp3) is 0.467. The standard InChI is InChI=1S/C15H17ClN2O2S2/c1-9(14(19)17-8-11-3-2-6-20-11)21-15-18-12-7-10(16)4-5-13(12)22-15/h4-5,7,9,11H,2-3,6,8H2,1H3,(H,17,19)/t9-,11-/m1/s1. The maximum Gasteiger partial charge on any atom is 0.233 e. The SMILES string of the molecule is C[C@@H](Sc1nc2cc(Cl)ccc2s1)C(=O)NC[C@H]1CCCO1. The molecule has 1 aromatic carbocycles. The summed E-state index contributed by atoms with van der Waals surface area (Å²) in [6.45, 7) is 3.30. The number of fused-ring (bicyclic) bond motifs is 1. The predicted octanol–water partition coefficient (Wildman–Crippen LogP) is 3.73. The number of ether oxygens (including phenoxy) is 1. The maximum absolute atomic E-state index is 12.1. The Morgan fingerprint density at radius 3 is 3.27 bits per heavy atom. The molecule has 1 amide bonds. The minimum absolute atomic E-state index is 0.0257. The van der Waals surface area contributed by atoms with E-state index in [0.717, 1.165) is 34.0 Å². The molecule has 1 aliphatic heterocycles. The first-order valence-corrected chi connectivity index (χ1v) is 9.31. The molecule has 118 valence electrons. The van der Waals surface area contributed by atoms with Crippen LogP contribution in [0.4, 0.5) is 0 Å². The summed E-state index contributed by atoms with van der Waals surface area (Å²) in [5.74, 6) is 0.0257. The van der Waals surface area contributed by atoms with Gasteiger partial charge in [0.25, 0.3) is 0 Å². The maximum atomic E-state index is 12.1. The molecule has 1 fully saturated rings. The van der Waals surface area contributed by atoms with Gasteiger partial charge in [0.1, 0.15) is 0 Å². The number of aromatic nitrogens is 1. The molecule has 2 aromatic rings. The van der Waals surface area contributed by atoms with Gasteiger partial charge in [-0.2, -0.15) is 0 Å². The highest BCUT2D eigenvalue weighted by molar-refractivity contribution is 8.02. The van der Waals surface area contributed by atoms with Gasteiger partial charge in [-0.15, -0.1) is 11.3 Å². The lowest BCUT2D eigenvalue weighted by atomic mass is 10.2. The van der Waals surface area contributed by atoms with Crippen LogP contribution in [0.3, 0.4) is 0 Å². The first-order chi connectivity index (χ1) is 10.6. The molecular formula is C15H17ClN2O2S2. The molecule has 1 N–H and O–H groups in total. The average Bonchev–Trinajstić information content (AvgIpc) is 3.12. The molecule has 0 spiro atoms. The summed E-state index contributed by atoms with van der Waals surface area (Å²) in [6.07, 6.45) is 2.28. The molecule has 1 aliphatic rings. The van der Waals surface area contributed by atoms with Gasteiger partial charge in [0.05, 0.1) is 21.6 Å². The molecule has 0 radical (unpaired) electrons. The minimum atomic E-state index is -0.183. The Labute approximate surface area is 142 Å². The van der Waals surface area contributed by atoms with Gasteiger partial charge < -0.3 is 10.1 Å². The first kappa shape index (κ1) is 16.1. The van der Waals surface area contributed by atoms with E-state index in [9.17, 15) is 4.79 Å². The number of halogens is 1. The summed E-state index contributed by atoms with van der Waals surface area (Å²) in [6, 6.07) is 5.66. The van der Waals surface area contributed by atoms with Crippen molar-refractivity contribution in [3.63, 3.8) is 0 Å². The number of thioether (sulfide) groups is 1. The van der Waals surface area contributed by atoms with E-state index in [1.165, 1.54) is 11.8 Å². The molecule has 1 saturated heterocycles. The highest BCUT2D eigenvalue weighted by Gasteiger charge is 2.20. The fourth-order valence-electron chi connectivity index (χ4n) is 2.30. The lowest BCUT2D eigenvalue weighted by molar-refractivity contribution is -0.120. The highest BCUT2D eigenvalue weighted by Crippen LogP contribution is 2.33. The molecule has 0 unspecified atom stereocenters. The normalized spacial score (nSPS) is 19.5. The molecule has 1 aromatic heterocycles. The summed E-state index contributed by atoms with van der Waals surface area (Å²) in [5.41, 5.74) is 0.881. The molecule has 4 nitrogen and oxygen atoms in total. The van der Waals surface area contributed by atoms with E-state index in [1.807, 2.05) is 25.1 Å². The van der Waals surface area contributed by atoms with Crippen molar-refractivity contribution in [2.75, 3.05) is 13.2 Å². The average molecular weight is 357 g/mol. The second-order valence-electron chi connectivity index (χ2n) is 5.23. The third-order valence-electron chi connectivity index (χ3n) is 3.50. The zero-order chi connectivity index (χ0) is 15.5. The van der Waals surface area contributed by atoms with Crippen LogP contribution in [0.15, 0.2) is 22.5 Å². The van der Waals surface area contributed by atoms with Crippen LogP contribution < -0.4 is 5.32 Å². The molecule has 0 bridgehead atoms. The molecule has 22 heavy (non-hydrogen) atoms. The summed E-state index contributed by atoms with van der Waals surface area (Å²) >= 11 is 9.03. The van der Waals surface area contributed by atoms with E-state index in [-0.39, 0.29) is 17.3 Å². The number of nitrogens with zero attached hydrogens (tertiary/aromatic N) is 1. The van der Waals surface area contributed by atoms with Gasteiger partial charge in [-0.3, -0.25) is 4.79 Å². The van der Waals surface area contributed by atoms with Crippen molar-refractivity contribution in [3.05, 3.63) is 23.2 Å². The van der Waals surface area contributed by atoms with E-state index < -0.39 is 0 Å². The first-order valence-electron chi connectivity index (χ1n) is 7.24. The Morgan fingerprint density at radius 2 is 2.50 bits per heavy atom. The van der Waals surface area contributed by atoms with Crippen LogP contribution in [0.5, 0.6) is 0 Å². The number of carbonyl (C=O) groups is 1. The zero-order valence-corrected chi connectivity index (χ0v) is 14.6. The van der Waals surface area contributed by atoms with Gasteiger partial charge in [0.15, 0.2) is 4.34 Å². The van der Waals surface area contributed by atoms with Gasteiger partial charge >= 0.3 is 0 Å². The molecule has 0 aliphatic carbocycles. The lowest BCUT2D eigenvalue weighted by Crippen LogP contribution is -2.36. The second kappa shape index (κ2) is 7.17. The number of carbonyl (C=O) groups excluding carboxylic acids is 1. The number of benzene rings is 1. The van der Waals surface area contributed by atoms with Crippen LogP contribution in [0.2, 0.25) is 5.02 Å². The summed E-state index contributed by atoms with van der Waals surface area (Å²) in [5, 5.41) is 3.45. The van der Waals surface area contributed by atoms with Gasteiger partial charge in [-0.1, -0.05) is 23.4 Å². The lowest BCUT2D eigenvalue weighted by Gasteiger charge is -2.13. The van der Waals surface area contributed by atoms with E-state index in [1.54, 1.807) is 11.3 Å². The summed E-state index contributed by atoms with van der Waals surface area (Å²) in [7, 11) is 0. The van der Waals surface area contributed by atoms with E-state index in [2.05, 4.69) is 10.3 Å². The van der Waals surface area contributed by atoms with Crippen LogP contribution in [0, 0.1) is 0 Å². The third kappa shape index (κ3) is 3.93. The molecule has 7 heteroatoms. The van der Waals surface area contributed by atoms with Crippen molar-refractivity contribution in [1.82, 2.24) is 10.3 Å². The number of hydrogen-bond acceptors (Lipinski definition) is 5. The van der Waals surface area contributed by atoms with Crippen LogP contribution in [-0.4, -0.2) is 35.4 Å². The van der Waals surface area contributed by atoms with Crippen LogP contribution in [0.25, 0.3) is 10.2 Å². The van der Waals surface area contributed by atoms with Crippen molar-refractivity contribution < 1.29 is 9.53 Å². The van der Waals surface area contributed by atoms with Crippen LogP contribution >= 0.6 is 34.7 Å². The topological polar surface area (TPSA) is 51.2 Å². The van der Waals surface area contributed by atoms with Crippen molar-refractivity contribution in [1.29, 1.82) is 0 Å². The predicted molar refractivity (Wildman–Crippen MR) is 91.9 cm³/mol. The Morgan fingerprint density at radius 1 is 1.64 bits per heavy atom. The van der Waals surface area contributed by atoms with Crippen molar-refractivity contribution in [3.8, 4) is 0 Å². The van der Waals surface area contributed by atoms with E-state index in [4.69, 9.17) is 16.3 Å². The van der Waals surface area contributed by atoms with Gasteiger partial charge in [-0.05, 0) is 38.0 Å². The zero-order valence-electron chi connectivity index (χ0n) is 12.2. The van der Waals surface area contributed by atoms with Crippen molar-refractivity contribution in [2.24, 2.45) is 0 Å². The molecule has 2 atom stereocenters. The molecule has 2 heterocycles. The highest BCUT2D eigenvalue weighted by atomic mass is 35.5. The summed E-state index contributed by atoms with van der Waals surface area (Å²) in [4.78, 5) is 16.7. The third-order valence-corrected chi connectivity index (χ3v) is 5.97. The fourth-order valence-corrected chi connectivity index (χ4v) is 4.68. The quantitative estimate of drug-likeness (QED) is 0.829. The smallest absolute Gasteiger partial charge is 0.233 e. The van der Waals surface area contributed by atoms with Crippen molar-refractivity contribution >= 4 is 50.8 Å². The Balaban J connectivity index is 1.57. The van der Waals surface area contributed by atoms with Crippen LogP contribution in [-0.2, 0) is 9.53 Å². The van der Waals surface area contributed by atoms with Gasteiger partial charge in [0, 0.05) is 18.2 Å². The second-order valence-corrected chi connectivity index (χ2v) is 8.29. The van der Waals surface area contributed by atoms with E-state index >= 15 is 0 Å². The van der Waals surface area contributed by atoms with Gasteiger partial charge in [0.2, 0.25) is 5.91 Å². The minimum Gasteiger partial charge on any atom is -0.376 e. The Bertz CT molecular complexity index is 671.